The van der Waals surface area contributed by atoms with Crippen molar-refractivity contribution in [1.82, 2.24) is 0 Å². The van der Waals surface area contributed by atoms with Crippen molar-refractivity contribution >= 4 is 13.0 Å². The summed E-state index contributed by atoms with van der Waals surface area (Å²) >= 11 is 0. The topological polar surface area (TPSA) is 76.0 Å². The van der Waals surface area contributed by atoms with Crippen LogP contribution in [0.1, 0.15) is 22.8 Å². The van der Waals surface area contributed by atoms with Crippen LogP contribution in [-0.2, 0) is 6.42 Å². The number of benzene rings is 1. The molecule has 0 fully saturated rings. The van der Waals surface area contributed by atoms with Gasteiger partial charge in [-0.15, -0.1) is 0 Å². The Morgan fingerprint density at radius 3 is 3.00 bits per heavy atom. The monoisotopic (exact) mass is 219 g/mol. The highest BCUT2D eigenvalue weighted by atomic mass is 16.5. The van der Waals surface area contributed by atoms with Crippen LogP contribution in [0, 0.1) is 4.91 Å². The predicted octanol–water partition coefficient (Wildman–Crippen LogP) is 1.96. The van der Waals surface area contributed by atoms with Crippen molar-refractivity contribution in [1.29, 1.82) is 0 Å². The van der Waals surface area contributed by atoms with Crippen molar-refractivity contribution < 1.29 is 14.6 Å². The average molecular weight is 219 g/mol. The maximum atomic E-state index is 11.0. The molecular formula is C10H10BNO4. The average Bonchev–Trinajstić information content (AvgIpc) is 2.26. The maximum Gasteiger partial charge on any atom is 0.550 e. The minimum Gasteiger partial charge on any atom is -0.537 e. The SMILES string of the molecule is CC1Cc2cccc(C(=O)O)c2OB1N=O. The number of aromatic carboxylic acids is 1. The molecule has 6 heteroatoms. The van der Waals surface area contributed by atoms with Gasteiger partial charge in [-0.25, -0.2) is 4.79 Å². The van der Waals surface area contributed by atoms with Gasteiger partial charge >= 0.3 is 13.0 Å². The van der Waals surface area contributed by atoms with Gasteiger partial charge in [0.2, 0.25) is 0 Å². The predicted molar refractivity (Wildman–Crippen MR) is 58.7 cm³/mol. The standard InChI is InChI=1S/C10H10BNO4/c1-6-5-7-3-2-4-8(10(13)14)9(7)16-11(6)12-15/h2-4,6H,5H2,1H3,(H,13,14). The van der Waals surface area contributed by atoms with Crippen molar-refractivity contribution in [2.24, 2.45) is 5.09 Å². The van der Waals surface area contributed by atoms with Crippen molar-refractivity contribution in [3.63, 3.8) is 0 Å². The molecule has 0 aromatic heterocycles. The minimum atomic E-state index is -1.06. The molecule has 1 aliphatic rings. The fraction of sp³-hybridized carbons (Fsp3) is 0.300. The molecule has 0 saturated heterocycles. The molecule has 0 saturated carbocycles. The van der Waals surface area contributed by atoms with Crippen LogP contribution in [0.5, 0.6) is 5.75 Å². The molecule has 1 unspecified atom stereocenters. The molecular weight excluding hydrogens is 209 g/mol. The molecule has 1 N–H and O–H groups in total. The van der Waals surface area contributed by atoms with Crippen molar-refractivity contribution in [2.45, 2.75) is 19.2 Å². The van der Waals surface area contributed by atoms with Crippen LogP contribution < -0.4 is 4.65 Å². The van der Waals surface area contributed by atoms with E-state index in [9.17, 15) is 9.70 Å². The number of carbonyl (C=O) groups is 1. The number of nitrogens with zero attached hydrogens (tertiary/aromatic N) is 1. The van der Waals surface area contributed by atoms with Gasteiger partial charge in [-0.3, -0.25) is 0 Å². The smallest absolute Gasteiger partial charge is 0.537 e. The van der Waals surface area contributed by atoms with Gasteiger partial charge in [0, 0.05) is 5.82 Å². The molecule has 1 atom stereocenters. The summed E-state index contributed by atoms with van der Waals surface area (Å²) in [5.41, 5.74) is 0.894. The quantitative estimate of drug-likeness (QED) is 0.609. The molecule has 1 aliphatic heterocycles. The maximum absolute atomic E-state index is 11.0. The lowest BCUT2D eigenvalue weighted by Gasteiger charge is -2.25. The number of hydrogen-bond donors (Lipinski definition) is 1. The van der Waals surface area contributed by atoms with Crippen LogP contribution in [0.3, 0.4) is 0 Å². The summed E-state index contributed by atoms with van der Waals surface area (Å²) in [6, 6.07) is 4.94. The Balaban J connectivity index is 2.47. The zero-order valence-electron chi connectivity index (χ0n) is 8.71. The van der Waals surface area contributed by atoms with E-state index in [1.54, 1.807) is 12.1 Å². The second-order valence-corrected chi connectivity index (χ2v) is 3.89. The molecule has 0 bridgehead atoms. The Labute approximate surface area is 92.5 Å². The summed E-state index contributed by atoms with van der Waals surface area (Å²) in [7, 11) is -0.798. The molecule has 16 heavy (non-hydrogen) atoms. The lowest BCUT2D eigenvalue weighted by Crippen LogP contribution is -2.31. The first-order valence-electron chi connectivity index (χ1n) is 4.97. The van der Waals surface area contributed by atoms with Gasteiger partial charge in [0.25, 0.3) is 0 Å². The normalized spacial score (nSPS) is 18.6. The molecule has 1 heterocycles. The molecule has 1 aromatic rings. The fourth-order valence-electron chi connectivity index (χ4n) is 1.86. The molecule has 0 radical (unpaired) electrons. The van der Waals surface area contributed by atoms with Crippen LogP contribution in [0.15, 0.2) is 23.3 Å². The van der Waals surface area contributed by atoms with Crippen molar-refractivity contribution in [2.75, 3.05) is 0 Å². The number of carboxylic acids is 1. The third kappa shape index (κ3) is 1.66. The number of rotatable bonds is 2. The van der Waals surface area contributed by atoms with Crippen LogP contribution >= 0.6 is 0 Å². The highest BCUT2D eigenvalue weighted by molar-refractivity contribution is 6.52. The van der Waals surface area contributed by atoms with E-state index in [-0.39, 0.29) is 17.1 Å². The number of fused-ring (bicyclic) bond motifs is 1. The Hall–Kier alpha value is -1.85. The Kier molecular flexibility index (Phi) is 2.64. The third-order valence-corrected chi connectivity index (χ3v) is 2.70. The number of hydrogen-bond acceptors (Lipinski definition) is 4. The third-order valence-electron chi connectivity index (χ3n) is 2.70. The first-order valence-corrected chi connectivity index (χ1v) is 4.97. The van der Waals surface area contributed by atoms with E-state index in [0.717, 1.165) is 5.56 Å². The Bertz CT molecular complexity index is 448. The summed E-state index contributed by atoms with van der Waals surface area (Å²) in [6.07, 6.45) is 0.604. The molecule has 0 amide bonds. The molecule has 5 nitrogen and oxygen atoms in total. The van der Waals surface area contributed by atoms with Gasteiger partial charge < -0.3 is 9.76 Å². The summed E-state index contributed by atoms with van der Waals surface area (Å²) in [4.78, 5) is 21.5. The summed E-state index contributed by atoms with van der Waals surface area (Å²) in [6.45, 7) is 1.85. The number of nitroso groups, excluding NO2 is 1. The highest BCUT2D eigenvalue weighted by Gasteiger charge is 2.36. The molecule has 0 aliphatic carbocycles. The van der Waals surface area contributed by atoms with Crippen LogP contribution in [0.25, 0.3) is 0 Å². The summed E-state index contributed by atoms with van der Waals surface area (Å²) < 4.78 is 5.33. The molecule has 1 aromatic carbocycles. The van der Waals surface area contributed by atoms with Gasteiger partial charge in [-0.1, -0.05) is 24.1 Å². The zero-order valence-corrected chi connectivity index (χ0v) is 8.71. The zero-order chi connectivity index (χ0) is 11.7. The van der Waals surface area contributed by atoms with E-state index in [1.165, 1.54) is 6.07 Å². The fourth-order valence-corrected chi connectivity index (χ4v) is 1.86. The van der Waals surface area contributed by atoms with Crippen LogP contribution in [-0.4, -0.2) is 18.1 Å². The Morgan fingerprint density at radius 1 is 1.62 bits per heavy atom. The molecule has 82 valence electrons. The summed E-state index contributed by atoms with van der Waals surface area (Å²) in [5.74, 6) is -0.817. The van der Waals surface area contributed by atoms with Gasteiger partial charge in [-0.05, 0) is 18.1 Å². The van der Waals surface area contributed by atoms with Gasteiger partial charge in [-0.2, -0.15) is 4.91 Å². The van der Waals surface area contributed by atoms with E-state index < -0.39 is 13.0 Å². The van der Waals surface area contributed by atoms with E-state index in [0.29, 0.717) is 6.42 Å². The summed E-state index contributed by atoms with van der Waals surface area (Å²) in [5, 5.41) is 11.8. The highest BCUT2D eigenvalue weighted by Crippen LogP contribution is 2.35. The lowest BCUT2D eigenvalue weighted by atomic mass is 9.64. The van der Waals surface area contributed by atoms with Gasteiger partial charge in [0.15, 0.2) is 0 Å². The van der Waals surface area contributed by atoms with E-state index in [2.05, 4.69) is 5.09 Å². The largest absolute Gasteiger partial charge is 0.550 e. The lowest BCUT2D eigenvalue weighted by molar-refractivity contribution is 0.0694. The van der Waals surface area contributed by atoms with Gasteiger partial charge in [0.1, 0.15) is 5.75 Å². The number of para-hydroxylation sites is 1. The second kappa shape index (κ2) is 3.96. The second-order valence-electron chi connectivity index (χ2n) is 3.89. The molecule has 0 spiro atoms. The van der Waals surface area contributed by atoms with Crippen molar-refractivity contribution in [3.05, 3.63) is 34.2 Å². The van der Waals surface area contributed by atoms with Crippen LogP contribution in [0.2, 0.25) is 5.82 Å². The van der Waals surface area contributed by atoms with Gasteiger partial charge in [0.05, 0.1) is 5.56 Å². The van der Waals surface area contributed by atoms with E-state index in [4.69, 9.17) is 9.76 Å². The van der Waals surface area contributed by atoms with E-state index >= 15 is 0 Å². The minimum absolute atomic E-state index is 0.0333. The first-order chi connectivity index (χ1) is 7.63. The first kappa shape index (κ1) is 10.7. The van der Waals surface area contributed by atoms with E-state index in [1.807, 2.05) is 6.92 Å². The Morgan fingerprint density at radius 2 is 2.38 bits per heavy atom. The van der Waals surface area contributed by atoms with Crippen LogP contribution in [0.4, 0.5) is 0 Å². The van der Waals surface area contributed by atoms with Crippen molar-refractivity contribution in [3.8, 4) is 5.75 Å². The molecule has 2 rings (SSSR count). The number of carboxylic acid groups (broad SMARTS) is 1.